The van der Waals surface area contributed by atoms with Gasteiger partial charge in [-0.3, -0.25) is 0 Å². The average molecular weight is 231 g/mol. The molecule has 1 fully saturated rings. The van der Waals surface area contributed by atoms with E-state index in [1.165, 1.54) is 18.4 Å². The maximum Gasteiger partial charge on any atom is 0.208 e. The Kier molecular flexibility index (Phi) is 2.66. The van der Waals surface area contributed by atoms with Gasteiger partial charge in [0.1, 0.15) is 6.33 Å². The van der Waals surface area contributed by atoms with Crippen molar-refractivity contribution >= 4 is 11.8 Å². The monoisotopic (exact) mass is 231 g/mol. The third kappa shape index (κ3) is 2.27. The quantitative estimate of drug-likeness (QED) is 0.758. The summed E-state index contributed by atoms with van der Waals surface area (Å²) in [6.45, 7) is 0. The summed E-state index contributed by atoms with van der Waals surface area (Å²) in [4.78, 5) is 4.31. The van der Waals surface area contributed by atoms with E-state index in [0.29, 0.717) is 6.04 Å². The molecule has 1 aliphatic rings. The smallest absolute Gasteiger partial charge is 0.208 e. The molecule has 1 heterocycles. The molecule has 82 valence electrons. The predicted octanol–water partition coefficient (Wildman–Crippen LogP) is 2.91. The van der Waals surface area contributed by atoms with Crippen molar-refractivity contribution in [3.05, 3.63) is 42.2 Å². The van der Waals surface area contributed by atoms with Crippen LogP contribution in [0.3, 0.4) is 0 Å². The van der Waals surface area contributed by atoms with Crippen LogP contribution in [0.2, 0.25) is 0 Å². The van der Waals surface area contributed by atoms with E-state index in [9.17, 15) is 0 Å². The minimum atomic E-state index is 0.624. The van der Waals surface area contributed by atoms with E-state index in [4.69, 9.17) is 0 Å². The van der Waals surface area contributed by atoms with Crippen LogP contribution in [0, 0.1) is 0 Å². The molecule has 2 aromatic rings. The largest absolute Gasteiger partial charge is 0.249 e. The highest BCUT2D eigenvalue weighted by molar-refractivity contribution is 7.98. The zero-order valence-electron chi connectivity index (χ0n) is 8.91. The summed E-state index contributed by atoms with van der Waals surface area (Å²) in [5.74, 6) is 0.940. The molecule has 0 radical (unpaired) electrons. The Morgan fingerprint density at radius 1 is 1.25 bits per heavy atom. The average Bonchev–Trinajstić information content (AvgIpc) is 3.08. The minimum absolute atomic E-state index is 0.624. The molecule has 1 aromatic carbocycles. The third-order valence-electron chi connectivity index (χ3n) is 2.62. The SMILES string of the molecule is c1ccc(CSc2ncn(C3CC3)n2)cc1. The highest BCUT2D eigenvalue weighted by atomic mass is 32.2. The molecule has 0 unspecified atom stereocenters. The van der Waals surface area contributed by atoms with Gasteiger partial charge >= 0.3 is 0 Å². The number of thioether (sulfide) groups is 1. The normalized spacial score (nSPS) is 15.2. The van der Waals surface area contributed by atoms with E-state index in [0.717, 1.165) is 10.9 Å². The van der Waals surface area contributed by atoms with E-state index < -0.39 is 0 Å². The lowest BCUT2D eigenvalue weighted by Gasteiger charge is -1.97. The van der Waals surface area contributed by atoms with Crippen molar-refractivity contribution < 1.29 is 0 Å². The summed E-state index contributed by atoms with van der Waals surface area (Å²) in [6.07, 6.45) is 4.36. The van der Waals surface area contributed by atoms with Crippen molar-refractivity contribution in [3.63, 3.8) is 0 Å². The molecule has 4 heteroatoms. The van der Waals surface area contributed by atoms with E-state index in [1.54, 1.807) is 11.8 Å². The van der Waals surface area contributed by atoms with Gasteiger partial charge in [0.05, 0.1) is 6.04 Å². The number of rotatable bonds is 4. The molecule has 16 heavy (non-hydrogen) atoms. The number of benzene rings is 1. The Hall–Kier alpha value is -1.29. The van der Waals surface area contributed by atoms with Crippen molar-refractivity contribution in [3.8, 4) is 0 Å². The second-order valence-electron chi connectivity index (χ2n) is 4.01. The molecule has 1 aromatic heterocycles. The molecule has 0 bridgehead atoms. The predicted molar refractivity (Wildman–Crippen MR) is 64.3 cm³/mol. The third-order valence-corrected chi connectivity index (χ3v) is 3.54. The minimum Gasteiger partial charge on any atom is -0.249 e. The van der Waals surface area contributed by atoms with Gasteiger partial charge in [0, 0.05) is 5.75 Å². The molecule has 1 saturated carbocycles. The second kappa shape index (κ2) is 4.29. The van der Waals surface area contributed by atoms with Crippen molar-refractivity contribution in [1.29, 1.82) is 0 Å². The molecular weight excluding hydrogens is 218 g/mol. The molecule has 0 atom stereocenters. The number of aromatic nitrogens is 3. The second-order valence-corrected chi connectivity index (χ2v) is 4.96. The van der Waals surface area contributed by atoms with Crippen molar-refractivity contribution in [2.75, 3.05) is 0 Å². The van der Waals surface area contributed by atoms with Crippen LogP contribution in [0.25, 0.3) is 0 Å². The van der Waals surface area contributed by atoms with E-state index in [2.05, 4.69) is 34.3 Å². The fourth-order valence-electron chi connectivity index (χ4n) is 1.56. The topological polar surface area (TPSA) is 30.7 Å². The number of nitrogens with zero attached hydrogens (tertiary/aromatic N) is 3. The molecular formula is C12H13N3S. The zero-order valence-corrected chi connectivity index (χ0v) is 9.73. The molecule has 0 spiro atoms. The van der Waals surface area contributed by atoms with Crippen LogP contribution in [-0.2, 0) is 5.75 Å². The van der Waals surface area contributed by atoms with Crippen LogP contribution < -0.4 is 0 Å². The Balaban J connectivity index is 1.61. The van der Waals surface area contributed by atoms with Gasteiger partial charge in [-0.15, -0.1) is 5.10 Å². The van der Waals surface area contributed by atoms with Gasteiger partial charge in [0.25, 0.3) is 0 Å². The first-order valence-electron chi connectivity index (χ1n) is 5.50. The van der Waals surface area contributed by atoms with Crippen LogP contribution in [0.5, 0.6) is 0 Å². The summed E-state index contributed by atoms with van der Waals surface area (Å²) in [5, 5.41) is 5.34. The Bertz CT molecular complexity index is 462. The Labute approximate surface area is 98.9 Å². The summed E-state index contributed by atoms with van der Waals surface area (Å²) < 4.78 is 1.99. The van der Waals surface area contributed by atoms with Crippen molar-refractivity contribution in [2.45, 2.75) is 29.8 Å². The van der Waals surface area contributed by atoms with Crippen LogP contribution in [0.1, 0.15) is 24.4 Å². The van der Waals surface area contributed by atoms with Gasteiger partial charge < -0.3 is 0 Å². The number of hydrogen-bond acceptors (Lipinski definition) is 3. The first-order valence-corrected chi connectivity index (χ1v) is 6.48. The van der Waals surface area contributed by atoms with Gasteiger partial charge in [0.2, 0.25) is 5.16 Å². The van der Waals surface area contributed by atoms with Gasteiger partial charge in [-0.25, -0.2) is 9.67 Å². The van der Waals surface area contributed by atoms with E-state index in [-0.39, 0.29) is 0 Å². The van der Waals surface area contributed by atoms with Crippen LogP contribution >= 0.6 is 11.8 Å². The summed E-state index contributed by atoms with van der Waals surface area (Å²) in [6, 6.07) is 11.0. The highest BCUT2D eigenvalue weighted by Gasteiger charge is 2.24. The maximum absolute atomic E-state index is 4.46. The lowest BCUT2D eigenvalue weighted by atomic mass is 10.2. The molecule has 0 saturated heterocycles. The lowest BCUT2D eigenvalue weighted by molar-refractivity contribution is 0.624. The van der Waals surface area contributed by atoms with Gasteiger partial charge in [-0.2, -0.15) is 0 Å². The van der Waals surface area contributed by atoms with Gasteiger partial charge in [0.15, 0.2) is 0 Å². The molecule has 0 N–H and O–H groups in total. The van der Waals surface area contributed by atoms with Crippen LogP contribution in [0.4, 0.5) is 0 Å². The van der Waals surface area contributed by atoms with Crippen molar-refractivity contribution in [2.24, 2.45) is 0 Å². The van der Waals surface area contributed by atoms with Crippen molar-refractivity contribution in [1.82, 2.24) is 14.8 Å². The molecule has 3 rings (SSSR count). The van der Waals surface area contributed by atoms with Crippen LogP contribution in [0.15, 0.2) is 41.8 Å². The maximum atomic E-state index is 4.46. The standard InChI is InChI=1S/C12H13N3S/c1-2-4-10(5-3-1)8-16-12-13-9-15(14-12)11-6-7-11/h1-5,9,11H,6-8H2. The summed E-state index contributed by atoms with van der Waals surface area (Å²) in [5.41, 5.74) is 1.32. The summed E-state index contributed by atoms with van der Waals surface area (Å²) >= 11 is 1.70. The molecule has 1 aliphatic carbocycles. The zero-order chi connectivity index (χ0) is 10.8. The van der Waals surface area contributed by atoms with Crippen LogP contribution in [-0.4, -0.2) is 14.8 Å². The highest BCUT2D eigenvalue weighted by Crippen LogP contribution is 2.34. The first-order chi connectivity index (χ1) is 7.92. The van der Waals surface area contributed by atoms with Gasteiger partial charge in [-0.1, -0.05) is 42.1 Å². The van der Waals surface area contributed by atoms with E-state index >= 15 is 0 Å². The fourth-order valence-corrected chi connectivity index (χ4v) is 2.32. The molecule has 3 nitrogen and oxygen atoms in total. The first kappa shape index (κ1) is 9.90. The Morgan fingerprint density at radius 3 is 2.81 bits per heavy atom. The summed E-state index contributed by atoms with van der Waals surface area (Å²) in [7, 11) is 0. The molecule has 0 aliphatic heterocycles. The van der Waals surface area contributed by atoms with E-state index in [1.807, 2.05) is 17.1 Å². The Morgan fingerprint density at radius 2 is 2.06 bits per heavy atom. The lowest BCUT2D eigenvalue weighted by Crippen LogP contribution is -1.93. The van der Waals surface area contributed by atoms with Gasteiger partial charge in [-0.05, 0) is 18.4 Å². The molecule has 0 amide bonds. The fraction of sp³-hybridized carbons (Fsp3) is 0.333. The number of hydrogen-bond donors (Lipinski definition) is 0.